The van der Waals surface area contributed by atoms with Gasteiger partial charge in [0.15, 0.2) is 0 Å². The van der Waals surface area contributed by atoms with E-state index in [1.807, 2.05) is 21.1 Å². The molecule has 112 valence electrons. The lowest BCUT2D eigenvalue weighted by atomic mass is 10.2. The van der Waals surface area contributed by atoms with Crippen LogP contribution < -0.4 is 0 Å². The van der Waals surface area contributed by atoms with E-state index in [9.17, 15) is 8.42 Å². The van der Waals surface area contributed by atoms with Crippen molar-refractivity contribution >= 4 is 10.0 Å². The zero-order valence-electron chi connectivity index (χ0n) is 12.4. The molecule has 5 nitrogen and oxygen atoms in total. The molecule has 1 aliphatic carbocycles. The van der Waals surface area contributed by atoms with Gasteiger partial charge in [-0.2, -0.15) is 4.31 Å². The Balaban J connectivity index is 1.95. The van der Waals surface area contributed by atoms with Gasteiger partial charge in [0.2, 0.25) is 10.0 Å². The van der Waals surface area contributed by atoms with Crippen LogP contribution in [0.5, 0.6) is 0 Å². The first-order valence-corrected chi connectivity index (χ1v) is 8.85. The van der Waals surface area contributed by atoms with Gasteiger partial charge in [-0.05, 0) is 34.0 Å². The topological polar surface area (TPSA) is 43.9 Å². The zero-order chi connectivity index (χ0) is 14.0. The standard InChI is InChI=1S/C13H27N3O2S/c1-14(2)8-9-15(3)13-10-16(19(17,18)11-13)12-6-4-5-7-12/h12-13H,4-11H2,1-3H3. The van der Waals surface area contributed by atoms with Crippen LogP contribution in [0, 0.1) is 0 Å². The molecule has 1 aliphatic heterocycles. The van der Waals surface area contributed by atoms with Crippen LogP contribution in [0.4, 0.5) is 0 Å². The number of hydrogen-bond acceptors (Lipinski definition) is 4. The Morgan fingerprint density at radius 1 is 1.11 bits per heavy atom. The molecule has 1 atom stereocenters. The third kappa shape index (κ3) is 3.68. The van der Waals surface area contributed by atoms with Gasteiger partial charge in [0, 0.05) is 31.7 Å². The largest absolute Gasteiger partial charge is 0.308 e. The van der Waals surface area contributed by atoms with Gasteiger partial charge in [-0.15, -0.1) is 0 Å². The normalized spacial score (nSPS) is 28.8. The van der Waals surface area contributed by atoms with Crippen LogP contribution in [-0.4, -0.2) is 81.1 Å². The molecular formula is C13H27N3O2S. The number of hydrogen-bond donors (Lipinski definition) is 0. The molecule has 0 N–H and O–H groups in total. The van der Waals surface area contributed by atoms with E-state index in [1.165, 1.54) is 12.8 Å². The first-order chi connectivity index (χ1) is 8.90. The summed E-state index contributed by atoms with van der Waals surface area (Å²) in [7, 11) is 3.11. The minimum Gasteiger partial charge on any atom is -0.308 e. The van der Waals surface area contributed by atoms with E-state index in [2.05, 4.69) is 9.80 Å². The monoisotopic (exact) mass is 289 g/mol. The Kier molecular flexibility index (Phi) is 4.87. The maximum Gasteiger partial charge on any atom is 0.216 e. The summed E-state index contributed by atoms with van der Waals surface area (Å²) in [6.07, 6.45) is 4.45. The van der Waals surface area contributed by atoms with Crippen molar-refractivity contribution in [2.75, 3.05) is 46.5 Å². The molecule has 2 aliphatic rings. The fourth-order valence-electron chi connectivity index (χ4n) is 3.09. The van der Waals surface area contributed by atoms with Crippen LogP contribution >= 0.6 is 0 Å². The first-order valence-electron chi connectivity index (χ1n) is 7.24. The second-order valence-electron chi connectivity index (χ2n) is 6.22. The van der Waals surface area contributed by atoms with Gasteiger partial charge >= 0.3 is 0 Å². The quantitative estimate of drug-likeness (QED) is 0.736. The highest BCUT2D eigenvalue weighted by Gasteiger charge is 2.42. The molecule has 6 heteroatoms. The summed E-state index contributed by atoms with van der Waals surface area (Å²) in [5, 5.41) is 0. The van der Waals surface area contributed by atoms with Crippen molar-refractivity contribution in [3.05, 3.63) is 0 Å². The molecular weight excluding hydrogens is 262 g/mol. The summed E-state index contributed by atoms with van der Waals surface area (Å²) in [5.41, 5.74) is 0. The molecule has 19 heavy (non-hydrogen) atoms. The first kappa shape index (κ1) is 15.2. The maximum atomic E-state index is 12.3. The molecule has 0 aromatic rings. The van der Waals surface area contributed by atoms with Gasteiger partial charge in [0.1, 0.15) is 0 Å². The molecule has 0 amide bonds. The van der Waals surface area contributed by atoms with Gasteiger partial charge in [-0.25, -0.2) is 8.42 Å². The average molecular weight is 289 g/mol. The number of sulfonamides is 1. The predicted molar refractivity (Wildman–Crippen MR) is 77.7 cm³/mol. The average Bonchev–Trinajstić information content (AvgIpc) is 2.92. The van der Waals surface area contributed by atoms with Crippen molar-refractivity contribution in [2.24, 2.45) is 0 Å². The van der Waals surface area contributed by atoms with Crippen molar-refractivity contribution in [2.45, 2.75) is 37.8 Å². The van der Waals surface area contributed by atoms with Crippen LogP contribution in [0.2, 0.25) is 0 Å². The summed E-state index contributed by atoms with van der Waals surface area (Å²) in [4.78, 5) is 4.33. The molecule has 0 radical (unpaired) electrons. The molecule has 0 aromatic heterocycles. The van der Waals surface area contributed by atoms with Crippen LogP contribution in [0.1, 0.15) is 25.7 Å². The molecule has 1 saturated heterocycles. The number of likely N-dealkylation sites (N-methyl/N-ethyl adjacent to an activating group) is 2. The van der Waals surface area contributed by atoms with Gasteiger partial charge < -0.3 is 4.90 Å². The van der Waals surface area contributed by atoms with E-state index in [0.29, 0.717) is 12.3 Å². The summed E-state index contributed by atoms with van der Waals surface area (Å²) in [5.74, 6) is 0.299. The van der Waals surface area contributed by atoms with Gasteiger partial charge in [-0.1, -0.05) is 12.8 Å². The van der Waals surface area contributed by atoms with Crippen molar-refractivity contribution in [1.82, 2.24) is 14.1 Å². The smallest absolute Gasteiger partial charge is 0.216 e. The molecule has 0 spiro atoms. The fraction of sp³-hybridized carbons (Fsp3) is 1.00. The third-order valence-electron chi connectivity index (χ3n) is 4.41. The molecule has 2 rings (SSSR count). The lowest BCUT2D eigenvalue weighted by Crippen LogP contribution is -2.41. The Bertz CT molecular complexity index is 391. The van der Waals surface area contributed by atoms with Crippen molar-refractivity contribution in [3.63, 3.8) is 0 Å². The lowest BCUT2D eigenvalue weighted by molar-refractivity contribution is 0.207. The Labute approximate surface area is 117 Å². The van der Waals surface area contributed by atoms with E-state index in [1.54, 1.807) is 4.31 Å². The molecule has 0 bridgehead atoms. The zero-order valence-corrected chi connectivity index (χ0v) is 13.2. The Morgan fingerprint density at radius 2 is 1.74 bits per heavy atom. The van der Waals surface area contributed by atoms with Gasteiger partial charge in [-0.3, -0.25) is 4.90 Å². The van der Waals surface area contributed by atoms with E-state index in [4.69, 9.17) is 0 Å². The summed E-state index contributed by atoms with van der Waals surface area (Å²) < 4.78 is 26.4. The van der Waals surface area contributed by atoms with Crippen LogP contribution in [0.3, 0.4) is 0 Å². The highest BCUT2D eigenvalue weighted by atomic mass is 32.2. The second-order valence-corrected chi connectivity index (χ2v) is 8.19. The van der Waals surface area contributed by atoms with Crippen LogP contribution in [-0.2, 0) is 10.0 Å². The summed E-state index contributed by atoms with van der Waals surface area (Å²) in [6.45, 7) is 2.58. The Hall–Kier alpha value is -0.170. The van der Waals surface area contributed by atoms with Gasteiger partial charge in [0.25, 0.3) is 0 Å². The molecule has 1 saturated carbocycles. The predicted octanol–water partition coefficient (Wildman–Crippen LogP) is 0.436. The minimum absolute atomic E-state index is 0.158. The molecule has 1 unspecified atom stereocenters. The van der Waals surface area contributed by atoms with Crippen molar-refractivity contribution in [3.8, 4) is 0 Å². The van der Waals surface area contributed by atoms with E-state index >= 15 is 0 Å². The Morgan fingerprint density at radius 3 is 2.32 bits per heavy atom. The third-order valence-corrected chi connectivity index (χ3v) is 6.37. The summed E-state index contributed by atoms with van der Waals surface area (Å²) >= 11 is 0. The number of rotatable bonds is 5. The highest BCUT2D eigenvalue weighted by molar-refractivity contribution is 7.89. The van der Waals surface area contributed by atoms with Crippen molar-refractivity contribution in [1.29, 1.82) is 0 Å². The van der Waals surface area contributed by atoms with Crippen molar-refractivity contribution < 1.29 is 8.42 Å². The van der Waals surface area contributed by atoms with Crippen LogP contribution in [0.25, 0.3) is 0 Å². The van der Waals surface area contributed by atoms with E-state index in [0.717, 1.165) is 25.9 Å². The lowest BCUT2D eigenvalue weighted by Gasteiger charge is -2.26. The maximum absolute atomic E-state index is 12.3. The molecule has 1 heterocycles. The van der Waals surface area contributed by atoms with E-state index < -0.39 is 10.0 Å². The minimum atomic E-state index is -3.03. The summed E-state index contributed by atoms with van der Waals surface area (Å²) in [6, 6.07) is 0.433. The van der Waals surface area contributed by atoms with E-state index in [-0.39, 0.29) is 12.1 Å². The van der Waals surface area contributed by atoms with Crippen LogP contribution in [0.15, 0.2) is 0 Å². The molecule has 2 fully saturated rings. The fourth-order valence-corrected chi connectivity index (χ4v) is 5.19. The second kappa shape index (κ2) is 6.08. The number of nitrogens with zero attached hydrogens (tertiary/aromatic N) is 3. The highest BCUT2D eigenvalue weighted by Crippen LogP contribution is 2.30. The SMILES string of the molecule is CN(C)CCN(C)C1CN(C2CCCC2)S(=O)(=O)C1. The molecule has 0 aromatic carbocycles. The van der Waals surface area contributed by atoms with Gasteiger partial charge in [0.05, 0.1) is 5.75 Å².